The van der Waals surface area contributed by atoms with Crippen molar-refractivity contribution in [3.63, 3.8) is 0 Å². The van der Waals surface area contributed by atoms with E-state index < -0.39 is 4.32 Å². The van der Waals surface area contributed by atoms with Crippen molar-refractivity contribution in [1.29, 1.82) is 0 Å². The molecule has 0 amide bonds. The Bertz CT molecular complexity index is 451. The summed E-state index contributed by atoms with van der Waals surface area (Å²) in [5.41, 5.74) is 3.19. The number of ether oxygens (including phenoxy) is 1. The van der Waals surface area contributed by atoms with E-state index in [0.717, 1.165) is 41.6 Å². The van der Waals surface area contributed by atoms with Crippen LogP contribution in [0.4, 0.5) is 0 Å². The molecule has 0 aromatic heterocycles. The molecule has 104 valence electrons. The van der Waals surface area contributed by atoms with E-state index in [0.29, 0.717) is 6.10 Å². The fraction of sp³-hybridized carbons (Fsp3) is 0.562. The maximum atomic E-state index is 11.1. The third-order valence-electron chi connectivity index (χ3n) is 3.83. The molecule has 0 aliphatic heterocycles. The van der Waals surface area contributed by atoms with Crippen molar-refractivity contribution in [2.45, 2.75) is 56.9 Å². The summed E-state index contributed by atoms with van der Waals surface area (Å²) in [6.45, 7) is 5.97. The molecular formula is C16H21BrO2. The van der Waals surface area contributed by atoms with E-state index in [1.807, 2.05) is 19.1 Å². The zero-order chi connectivity index (χ0) is 14.0. The highest BCUT2D eigenvalue weighted by atomic mass is 79.9. The van der Waals surface area contributed by atoms with E-state index in [1.165, 1.54) is 12.8 Å². The number of rotatable bonds is 4. The van der Waals surface area contributed by atoms with Crippen molar-refractivity contribution in [2.24, 2.45) is 0 Å². The minimum atomic E-state index is -0.617. The van der Waals surface area contributed by atoms with E-state index in [2.05, 4.69) is 29.8 Å². The predicted molar refractivity (Wildman–Crippen MR) is 81.1 cm³/mol. The van der Waals surface area contributed by atoms with Crippen LogP contribution in [0.1, 0.15) is 49.3 Å². The second-order valence-electron chi connectivity index (χ2n) is 5.66. The smallest absolute Gasteiger partial charge is 0.140 e. The summed E-state index contributed by atoms with van der Waals surface area (Å²) < 4.78 is 5.52. The minimum absolute atomic E-state index is 0.365. The van der Waals surface area contributed by atoms with Gasteiger partial charge in [0, 0.05) is 0 Å². The van der Waals surface area contributed by atoms with E-state index >= 15 is 0 Å². The summed E-state index contributed by atoms with van der Waals surface area (Å²) in [6, 6.07) is 4.08. The van der Waals surface area contributed by atoms with Gasteiger partial charge in [-0.25, -0.2) is 0 Å². The largest absolute Gasteiger partial charge is 0.490 e. The third kappa shape index (κ3) is 3.19. The van der Waals surface area contributed by atoms with E-state index in [4.69, 9.17) is 4.74 Å². The maximum absolute atomic E-state index is 11.1. The second kappa shape index (κ2) is 5.66. The van der Waals surface area contributed by atoms with Crippen LogP contribution in [-0.4, -0.2) is 12.4 Å². The van der Waals surface area contributed by atoms with Gasteiger partial charge in [0.1, 0.15) is 16.4 Å². The van der Waals surface area contributed by atoms with Gasteiger partial charge in [-0.3, -0.25) is 0 Å². The van der Waals surface area contributed by atoms with Gasteiger partial charge in [0.15, 0.2) is 0 Å². The molecule has 1 atom stereocenters. The molecule has 0 radical (unpaired) electrons. The van der Waals surface area contributed by atoms with Crippen LogP contribution in [0.3, 0.4) is 0 Å². The number of aryl methyl sites for hydroxylation is 2. The van der Waals surface area contributed by atoms with Gasteiger partial charge in [-0.15, -0.1) is 0 Å². The quantitative estimate of drug-likeness (QED) is 0.604. The number of alkyl halides is 1. The van der Waals surface area contributed by atoms with Gasteiger partial charge in [0.2, 0.25) is 0 Å². The van der Waals surface area contributed by atoms with E-state index in [-0.39, 0.29) is 0 Å². The van der Waals surface area contributed by atoms with Gasteiger partial charge in [-0.1, -0.05) is 28.1 Å². The molecule has 0 bridgehead atoms. The van der Waals surface area contributed by atoms with Crippen molar-refractivity contribution >= 4 is 22.2 Å². The maximum Gasteiger partial charge on any atom is 0.140 e. The predicted octanol–water partition coefficient (Wildman–Crippen LogP) is 4.43. The summed E-state index contributed by atoms with van der Waals surface area (Å²) in [5.74, 6) is 0.991. The molecule has 1 aromatic rings. The molecule has 2 rings (SSSR count). The molecular weight excluding hydrogens is 304 g/mol. The number of benzene rings is 1. The van der Waals surface area contributed by atoms with Gasteiger partial charge in [0.25, 0.3) is 0 Å². The number of carbonyl (C=O) groups excluding carboxylic acids is 1. The molecule has 0 N–H and O–H groups in total. The van der Waals surface area contributed by atoms with E-state index in [1.54, 1.807) is 0 Å². The second-order valence-corrected chi connectivity index (χ2v) is 7.30. The van der Waals surface area contributed by atoms with Crippen LogP contribution in [0, 0.1) is 13.8 Å². The van der Waals surface area contributed by atoms with Crippen molar-refractivity contribution in [3.05, 3.63) is 28.8 Å². The fourth-order valence-corrected chi connectivity index (χ4v) is 2.89. The Labute approximate surface area is 123 Å². The molecule has 0 heterocycles. The Morgan fingerprint density at radius 2 is 1.79 bits per heavy atom. The Kier molecular flexibility index (Phi) is 4.34. The number of hydrogen-bond acceptors (Lipinski definition) is 2. The number of halogens is 1. The Morgan fingerprint density at radius 1 is 1.26 bits per heavy atom. The van der Waals surface area contributed by atoms with Gasteiger partial charge < -0.3 is 9.53 Å². The highest BCUT2D eigenvalue weighted by Crippen LogP contribution is 2.35. The van der Waals surface area contributed by atoms with Crippen LogP contribution < -0.4 is 4.74 Å². The average Bonchev–Trinajstić information content (AvgIpc) is 2.86. The molecule has 1 aliphatic rings. The van der Waals surface area contributed by atoms with Gasteiger partial charge in [-0.2, -0.15) is 0 Å². The summed E-state index contributed by atoms with van der Waals surface area (Å²) in [4.78, 5) is 11.1. The standard InChI is InChI=1S/C16H21BrO2/c1-11-8-13(16(3,17)10-18)9-12(2)15(11)19-14-6-4-5-7-14/h8-10,14H,4-7H2,1-3H3. The zero-order valence-corrected chi connectivity index (χ0v) is 13.4. The van der Waals surface area contributed by atoms with Gasteiger partial charge >= 0.3 is 0 Å². The first-order chi connectivity index (χ1) is 8.94. The normalized spacial score (nSPS) is 19.2. The monoisotopic (exact) mass is 324 g/mol. The van der Waals surface area contributed by atoms with Crippen LogP contribution in [0.2, 0.25) is 0 Å². The Hall–Kier alpha value is -0.830. The van der Waals surface area contributed by atoms with Crippen molar-refractivity contribution in [3.8, 4) is 5.75 Å². The third-order valence-corrected chi connectivity index (χ3v) is 4.48. The first kappa shape index (κ1) is 14.6. The van der Waals surface area contributed by atoms with E-state index in [9.17, 15) is 4.79 Å². The Morgan fingerprint density at radius 3 is 2.26 bits per heavy atom. The lowest BCUT2D eigenvalue weighted by Crippen LogP contribution is -2.17. The molecule has 0 spiro atoms. The number of carbonyl (C=O) groups is 1. The van der Waals surface area contributed by atoms with Gasteiger partial charge in [0.05, 0.1) is 6.10 Å². The van der Waals surface area contributed by atoms with Crippen LogP contribution in [0.25, 0.3) is 0 Å². The summed E-state index contributed by atoms with van der Waals surface area (Å²) in [5, 5.41) is 0. The Balaban J connectivity index is 2.29. The first-order valence-corrected chi connectivity index (χ1v) is 7.67. The first-order valence-electron chi connectivity index (χ1n) is 6.87. The molecule has 1 aliphatic carbocycles. The molecule has 0 saturated heterocycles. The molecule has 1 unspecified atom stereocenters. The molecule has 2 nitrogen and oxygen atoms in total. The summed E-state index contributed by atoms with van der Waals surface area (Å²) >= 11 is 3.46. The number of aldehydes is 1. The van der Waals surface area contributed by atoms with Crippen molar-refractivity contribution < 1.29 is 9.53 Å². The van der Waals surface area contributed by atoms with Crippen molar-refractivity contribution in [2.75, 3.05) is 0 Å². The topological polar surface area (TPSA) is 26.3 Å². The van der Waals surface area contributed by atoms with Crippen LogP contribution in [0.5, 0.6) is 5.75 Å². The van der Waals surface area contributed by atoms with Gasteiger partial charge in [-0.05, 0) is 63.1 Å². The lowest BCUT2D eigenvalue weighted by Gasteiger charge is -2.22. The zero-order valence-electron chi connectivity index (χ0n) is 11.8. The lowest BCUT2D eigenvalue weighted by atomic mass is 9.97. The van der Waals surface area contributed by atoms with Crippen molar-refractivity contribution in [1.82, 2.24) is 0 Å². The molecule has 1 fully saturated rings. The van der Waals surface area contributed by atoms with Crippen LogP contribution in [0.15, 0.2) is 12.1 Å². The van der Waals surface area contributed by atoms with Crippen LogP contribution in [-0.2, 0) is 9.12 Å². The molecule has 3 heteroatoms. The summed E-state index contributed by atoms with van der Waals surface area (Å²) in [6.07, 6.45) is 6.15. The lowest BCUT2D eigenvalue weighted by molar-refractivity contribution is -0.109. The fourth-order valence-electron chi connectivity index (χ4n) is 2.66. The van der Waals surface area contributed by atoms with Crippen LogP contribution >= 0.6 is 15.9 Å². The summed E-state index contributed by atoms with van der Waals surface area (Å²) in [7, 11) is 0. The SMILES string of the molecule is Cc1cc(C(C)(Br)C=O)cc(C)c1OC1CCCC1. The molecule has 1 saturated carbocycles. The molecule has 1 aromatic carbocycles. The average molecular weight is 325 g/mol. The minimum Gasteiger partial charge on any atom is -0.490 e. The molecule has 19 heavy (non-hydrogen) atoms. The number of hydrogen-bond donors (Lipinski definition) is 0. The highest BCUT2D eigenvalue weighted by Gasteiger charge is 2.25. The highest BCUT2D eigenvalue weighted by molar-refractivity contribution is 9.10.